The summed E-state index contributed by atoms with van der Waals surface area (Å²) < 4.78 is 18.5. The molecular weight excluding hydrogens is 581 g/mol. The summed E-state index contributed by atoms with van der Waals surface area (Å²) >= 11 is 0. The molecule has 4 rings (SSSR count). The average molecular weight is 619 g/mol. The number of rotatable bonds is 12. The maximum absolute atomic E-state index is 14.4. The number of aliphatic carboxylic acids is 2. The van der Waals surface area contributed by atoms with E-state index in [0.29, 0.717) is 67.7 Å². The second kappa shape index (κ2) is 14.4. The van der Waals surface area contributed by atoms with Crippen LogP contribution in [0.4, 0.5) is 10.1 Å². The molecule has 2 N–H and O–H groups in total. The minimum absolute atomic E-state index is 0.00850. The predicted octanol–water partition coefficient (Wildman–Crippen LogP) is 4.61. The molecule has 45 heavy (non-hydrogen) atoms. The summed E-state index contributed by atoms with van der Waals surface area (Å²) in [5.74, 6) is -2.95. The average Bonchev–Trinajstić information content (AvgIpc) is 3.04. The first kappa shape index (κ1) is 33.2. The van der Waals surface area contributed by atoms with Gasteiger partial charge in [-0.25, -0.2) is 18.8 Å². The molecule has 1 aliphatic rings. The Morgan fingerprint density at radius 2 is 1.44 bits per heavy atom. The van der Waals surface area contributed by atoms with Crippen molar-refractivity contribution in [1.29, 1.82) is 0 Å². The zero-order chi connectivity index (χ0) is 32.7. The van der Waals surface area contributed by atoms with Crippen LogP contribution in [0.15, 0.2) is 78.9 Å². The van der Waals surface area contributed by atoms with E-state index >= 15 is 0 Å². The number of carbonyl (C=O) groups excluding carboxylic acids is 2. The molecule has 1 heterocycles. The number of piperidine rings is 1. The fourth-order valence-corrected chi connectivity index (χ4v) is 5.74. The van der Waals surface area contributed by atoms with Gasteiger partial charge in [0.05, 0.1) is 24.8 Å². The molecule has 3 aromatic rings. The second-order valence-electron chi connectivity index (χ2n) is 11.1. The number of hydrogen-bond donors (Lipinski definition) is 2. The van der Waals surface area contributed by atoms with Crippen molar-refractivity contribution in [3.63, 3.8) is 0 Å². The minimum atomic E-state index is -1.39. The third-order valence-electron chi connectivity index (χ3n) is 8.29. The topological polar surface area (TPSA) is 124 Å². The van der Waals surface area contributed by atoms with Gasteiger partial charge >= 0.3 is 17.8 Å². The smallest absolute Gasteiger partial charge is 0.370 e. The van der Waals surface area contributed by atoms with Crippen LogP contribution in [0, 0.1) is 11.7 Å². The highest BCUT2D eigenvalue weighted by atomic mass is 19.1. The molecule has 236 valence electrons. The van der Waals surface area contributed by atoms with Crippen LogP contribution in [0.5, 0.6) is 5.75 Å². The summed E-state index contributed by atoms with van der Waals surface area (Å²) in [4.78, 5) is 52.5. The molecule has 0 spiro atoms. The van der Waals surface area contributed by atoms with Gasteiger partial charge in [-0.15, -0.1) is 9.60 Å². The zero-order valence-electron chi connectivity index (χ0n) is 25.5. The van der Waals surface area contributed by atoms with Gasteiger partial charge in [0.25, 0.3) is 0 Å². The lowest BCUT2D eigenvalue weighted by Crippen LogP contribution is -2.65. The first-order valence-corrected chi connectivity index (χ1v) is 14.5. The number of likely N-dealkylation sites (tertiary alicyclic amines) is 1. The number of Topliss-reactive ketones (excluding diaryl/α,β-unsaturated/α-hetero) is 1. The van der Waals surface area contributed by atoms with E-state index in [4.69, 9.17) is 9.84 Å². The lowest BCUT2D eigenvalue weighted by Gasteiger charge is -2.41. The van der Waals surface area contributed by atoms with Crippen molar-refractivity contribution in [2.24, 2.45) is 5.92 Å². The van der Waals surface area contributed by atoms with Crippen LogP contribution in [-0.2, 0) is 9.59 Å². The summed E-state index contributed by atoms with van der Waals surface area (Å²) in [6, 6.07) is 18.7. The van der Waals surface area contributed by atoms with Crippen molar-refractivity contribution < 1.29 is 38.5 Å². The molecular formula is C34H37FN3O7+. The van der Waals surface area contributed by atoms with E-state index in [2.05, 4.69) is 4.90 Å². The van der Waals surface area contributed by atoms with Crippen LogP contribution < -0.4 is 9.33 Å². The van der Waals surface area contributed by atoms with E-state index in [1.165, 1.54) is 48.5 Å². The number of quaternary nitrogens is 1. The first-order valence-electron chi connectivity index (χ1n) is 14.5. The Morgan fingerprint density at radius 3 is 1.96 bits per heavy atom. The number of amides is 1. The molecule has 0 saturated carbocycles. The number of methoxy groups -OCH3 is 1. The predicted molar refractivity (Wildman–Crippen MR) is 167 cm³/mol. The summed E-state index contributed by atoms with van der Waals surface area (Å²) in [5, 5.41) is 20.4. The number of benzene rings is 3. The van der Waals surface area contributed by atoms with E-state index < -0.39 is 17.5 Å². The lowest BCUT2D eigenvalue weighted by atomic mass is 9.89. The van der Waals surface area contributed by atoms with Crippen molar-refractivity contribution >= 4 is 34.9 Å². The Hall–Kier alpha value is -4.71. The van der Waals surface area contributed by atoms with E-state index in [1.807, 2.05) is 31.2 Å². The van der Waals surface area contributed by atoms with Gasteiger partial charge in [0.2, 0.25) is 0 Å². The Morgan fingerprint density at radius 1 is 0.889 bits per heavy atom. The van der Waals surface area contributed by atoms with E-state index in [1.54, 1.807) is 19.2 Å². The van der Waals surface area contributed by atoms with Gasteiger partial charge < -0.3 is 14.9 Å². The third-order valence-corrected chi connectivity index (χ3v) is 8.29. The van der Waals surface area contributed by atoms with E-state index in [9.17, 15) is 28.7 Å². The molecule has 3 aromatic carbocycles. The molecule has 0 aromatic heterocycles. The Labute approximate surface area is 261 Å². The summed E-state index contributed by atoms with van der Waals surface area (Å²) in [6.45, 7) is 2.21. The summed E-state index contributed by atoms with van der Waals surface area (Å²) in [6.07, 6.45) is 1.91. The van der Waals surface area contributed by atoms with Crippen molar-refractivity contribution in [1.82, 2.24) is 14.5 Å². The van der Waals surface area contributed by atoms with Crippen molar-refractivity contribution in [3.05, 3.63) is 101 Å². The van der Waals surface area contributed by atoms with Crippen LogP contribution in [-0.4, -0.2) is 91.1 Å². The number of ketones is 1. The molecule has 0 bridgehead atoms. The molecule has 1 saturated heterocycles. The SMILES string of the molecule is COc1ccc([N+](CCN2CCC(C(=O)c3ccc(F)cc3)CC2)(C(=O)c2ccc(/C(=C/C(=O)O)C(=O)O)cc2)N(C)C)cc1. The highest BCUT2D eigenvalue weighted by Gasteiger charge is 2.44. The molecule has 11 heteroatoms. The number of carboxylic acid groups (broad SMARTS) is 2. The van der Waals surface area contributed by atoms with E-state index in [-0.39, 0.29) is 33.6 Å². The van der Waals surface area contributed by atoms with Gasteiger partial charge in [0, 0.05) is 43.8 Å². The molecule has 0 radical (unpaired) electrons. The van der Waals surface area contributed by atoms with E-state index in [0.717, 1.165) is 0 Å². The highest BCUT2D eigenvalue weighted by molar-refractivity contribution is 6.19. The Balaban J connectivity index is 1.58. The minimum Gasteiger partial charge on any atom is -0.497 e. The zero-order valence-corrected chi connectivity index (χ0v) is 25.5. The standard InChI is InChI=1S/C34H36FN3O7/c1-36(2)38(28-12-14-29(45-3)15-13-28,33(42)26-6-4-23(5-7-26)30(34(43)44)22-31(39)40)21-20-37-18-16-25(17-19-37)32(41)24-8-10-27(35)11-9-24/h4-15,22,25H,16-21H2,1-3H3,(H-,39,40,43,44)/p+1/b30-22-. The molecule has 0 aliphatic carbocycles. The van der Waals surface area contributed by atoms with Crippen LogP contribution in [0.1, 0.15) is 39.1 Å². The fourth-order valence-electron chi connectivity index (χ4n) is 5.74. The monoisotopic (exact) mass is 618 g/mol. The third kappa shape index (κ3) is 7.51. The summed E-state index contributed by atoms with van der Waals surface area (Å²) in [5.41, 5.74) is 1.27. The van der Waals surface area contributed by atoms with Crippen LogP contribution >= 0.6 is 0 Å². The van der Waals surface area contributed by atoms with Gasteiger partial charge in [-0.3, -0.25) is 9.69 Å². The molecule has 1 fully saturated rings. The van der Waals surface area contributed by atoms with Crippen molar-refractivity contribution in [3.8, 4) is 5.75 Å². The number of hydrogen-bond acceptors (Lipinski definition) is 7. The van der Waals surface area contributed by atoms with Crippen LogP contribution in [0.25, 0.3) is 5.57 Å². The molecule has 1 atom stereocenters. The van der Waals surface area contributed by atoms with Gasteiger partial charge in [0.1, 0.15) is 18.1 Å². The Kier molecular flexibility index (Phi) is 10.6. The number of carboxylic acids is 2. The van der Waals surface area contributed by atoms with Crippen molar-refractivity contribution in [2.75, 3.05) is 47.4 Å². The first-order chi connectivity index (χ1) is 21.5. The summed E-state index contributed by atoms with van der Waals surface area (Å²) in [7, 11) is 5.18. The number of halogens is 1. The maximum atomic E-state index is 14.4. The number of carbonyl (C=O) groups is 4. The normalized spacial score (nSPS) is 15.8. The fraction of sp³-hybridized carbons (Fsp3) is 0.294. The molecule has 1 aliphatic heterocycles. The van der Waals surface area contributed by atoms with Crippen LogP contribution in [0.3, 0.4) is 0 Å². The number of ether oxygens (including phenoxy) is 1. The Bertz CT molecular complexity index is 1560. The van der Waals surface area contributed by atoms with Crippen LogP contribution in [0.2, 0.25) is 0 Å². The lowest BCUT2D eigenvalue weighted by molar-refractivity contribution is -0.133. The van der Waals surface area contributed by atoms with Crippen molar-refractivity contribution in [2.45, 2.75) is 12.8 Å². The second-order valence-corrected chi connectivity index (χ2v) is 11.1. The maximum Gasteiger partial charge on any atom is 0.370 e. The van der Waals surface area contributed by atoms with Gasteiger partial charge in [0.15, 0.2) is 11.5 Å². The van der Waals surface area contributed by atoms with Gasteiger partial charge in [-0.1, -0.05) is 12.1 Å². The largest absolute Gasteiger partial charge is 0.497 e. The highest BCUT2D eigenvalue weighted by Crippen LogP contribution is 2.31. The molecule has 1 unspecified atom stereocenters. The van der Waals surface area contributed by atoms with Gasteiger partial charge in [-0.2, -0.15) is 0 Å². The molecule has 1 amide bonds. The quantitative estimate of drug-likeness (QED) is 0.130. The van der Waals surface area contributed by atoms with Gasteiger partial charge in [-0.05, 0) is 80.0 Å². The number of nitrogens with zero attached hydrogens (tertiary/aromatic N) is 3. The molecule has 10 nitrogen and oxygen atoms in total.